The highest BCUT2D eigenvalue weighted by molar-refractivity contribution is 7.92. The van der Waals surface area contributed by atoms with E-state index in [0.29, 0.717) is 11.5 Å². The molecular formula is C20H15N7O5S. The lowest BCUT2D eigenvalue weighted by molar-refractivity contribution is -0.385. The van der Waals surface area contributed by atoms with Crippen LogP contribution in [0.4, 0.5) is 17.1 Å². The van der Waals surface area contributed by atoms with Crippen LogP contribution < -0.4 is 10.0 Å². The molecule has 0 aliphatic heterocycles. The summed E-state index contributed by atoms with van der Waals surface area (Å²) in [4.78, 5) is 30.8. The van der Waals surface area contributed by atoms with E-state index >= 15 is 0 Å². The molecule has 2 aromatic heterocycles. The van der Waals surface area contributed by atoms with Gasteiger partial charge >= 0.3 is 0 Å². The average molecular weight is 465 g/mol. The first-order valence-corrected chi connectivity index (χ1v) is 10.8. The van der Waals surface area contributed by atoms with Crippen LogP contribution in [0.5, 0.6) is 0 Å². The Morgan fingerprint density at radius 2 is 1.88 bits per heavy atom. The monoisotopic (exact) mass is 465 g/mol. The summed E-state index contributed by atoms with van der Waals surface area (Å²) in [5.41, 5.74) is 0.0616. The Bertz CT molecular complexity index is 1420. The maximum absolute atomic E-state index is 12.8. The molecule has 0 unspecified atom stereocenters. The Morgan fingerprint density at radius 3 is 2.58 bits per heavy atom. The quantitative estimate of drug-likeness (QED) is 0.311. The normalized spacial score (nSPS) is 11.0. The molecule has 0 aliphatic carbocycles. The predicted octanol–water partition coefficient (Wildman–Crippen LogP) is 2.62. The highest BCUT2D eigenvalue weighted by Crippen LogP contribution is 2.23. The van der Waals surface area contributed by atoms with Gasteiger partial charge in [-0.05, 0) is 30.3 Å². The number of nitrogens with one attached hydrogen (secondary N) is 2. The summed E-state index contributed by atoms with van der Waals surface area (Å²) < 4.78 is 29.3. The summed E-state index contributed by atoms with van der Waals surface area (Å²) in [5, 5.41) is 17.6. The number of rotatable bonds is 7. The highest BCUT2D eigenvalue weighted by Gasteiger charge is 2.21. The van der Waals surface area contributed by atoms with E-state index in [1.807, 2.05) is 0 Å². The van der Waals surface area contributed by atoms with Gasteiger partial charge in [-0.15, -0.1) is 0 Å². The van der Waals surface area contributed by atoms with Crippen molar-refractivity contribution in [1.82, 2.24) is 19.7 Å². The van der Waals surface area contributed by atoms with Crippen LogP contribution in [-0.4, -0.2) is 39.0 Å². The van der Waals surface area contributed by atoms with Crippen molar-refractivity contribution >= 4 is 33.0 Å². The molecule has 0 atom stereocenters. The summed E-state index contributed by atoms with van der Waals surface area (Å²) >= 11 is 0. The molecule has 0 radical (unpaired) electrons. The van der Waals surface area contributed by atoms with Gasteiger partial charge in [0, 0.05) is 12.1 Å². The first-order valence-electron chi connectivity index (χ1n) is 9.32. The third-order valence-electron chi connectivity index (χ3n) is 4.41. The van der Waals surface area contributed by atoms with Gasteiger partial charge in [-0.25, -0.2) is 23.1 Å². The molecule has 2 N–H and O–H groups in total. The summed E-state index contributed by atoms with van der Waals surface area (Å²) in [6, 6.07) is 13.8. The number of nitrogens with zero attached hydrogens (tertiary/aromatic N) is 5. The number of aromatic nitrogens is 4. The van der Waals surface area contributed by atoms with Crippen molar-refractivity contribution < 1.29 is 18.1 Å². The Hall–Kier alpha value is -4.65. The molecule has 2 aromatic carbocycles. The molecule has 13 heteroatoms. The molecule has 0 spiro atoms. The fraction of sp³-hybridized carbons (Fsp3) is 0. The summed E-state index contributed by atoms with van der Waals surface area (Å²) in [5.74, 6) is -0.0849. The van der Waals surface area contributed by atoms with E-state index in [-0.39, 0.29) is 21.8 Å². The summed E-state index contributed by atoms with van der Waals surface area (Å²) in [7, 11) is -4.19. The fourth-order valence-electron chi connectivity index (χ4n) is 2.86. The van der Waals surface area contributed by atoms with Crippen molar-refractivity contribution in [2.75, 3.05) is 10.0 Å². The van der Waals surface area contributed by atoms with Gasteiger partial charge in [-0.2, -0.15) is 5.10 Å². The second-order valence-electron chi connectivity index (χ2n) is 6.60. The number of benzene rings is 2. The Balaban J connectivity index is 1.55. The van der Waals surface area contributed by atoms with Crippen molar-refractivity contribution in [1.29, 1.82) is 0 Å². The van der Waals surface area contributed by atoms with Gasteiger partial charge in [-0.3, -0.25) is 19.6 Å². The highest BCUT2D eigenvalue weighted by atomic mass is 32.2. The van der Waals surface area contributed by atoms with Crippen molar-refractivity contribution in [3.05, 3.63) is 95.2 Å². The lowest BCUT2D eigenvalue weighted by Gasteiger charge is -2.13. The number of carbonyl (C=O) groups excluding carboxylic acids is 1. The maximum Gasteiger partial charge on any atom is 0.270 e. The standard InChI is InChI=1S/C20H15N7O5S/c28-20(24-14-8-9-19(22-11-14)26-13-21-12-23-26)17-6-1-2-7-18(17)25-33(31,32)16-5-3-4-15(10-16)27(29)30/h1-13,25H,(H,24,28). The van der Waals surface area contributed by atoms with E-state index in [4.69, 9.17) is 0 Å². The van der Waals surface area contributed by atoms with Crippen molar-refractivity contribution in [2.24, 2.45) is 0 Å². The predicted molar refractivity (Wildman–Crippen MR) is 117 cm³/mol. The smallest absolute Gasteiger partial charge is 0.270 e. The number of pyridine rings is 1. The van der Waals surface area contributed by atoms with E-state index in [2.05, 4.69) is 25.1 Å². The van der Waals surface area contributed by atoms with Gasteiger partial charge in [0.25, 0.3) is 21.6 Å². The molecule has 4 aromatic rings. The van der Waals surface area contributed by atoms with Crippen LogP contribution in [0.15, 0.2) is 84.4 Å². The van der Waals surface area contributed by atoms with E-state index in [1.54, 1.807) is 24.3 Å². The van der Waals surface area contributed by atoms with E-state index in [9.17, 15) is 23.3 Å². The van der Waals surface area contributed by atoms with Crippen LogP contribution in [0.3, 0.4) is 0 Å². The number of carbonyl (C=O) groups is 1. The molecule has 12 nitrogen and oxygen atoms in total. The maximum atomic E-state index is 12.8. The number of para-hydroxylation sites is 1. The number of nitro groups is 1. The van der Waals surface area contributed by atoms with Crippen LogP contribution in [-0.2, 0) is 10.0 Å². The molecule has 4 rings (SSSR count). The van der Waals surface area contributed by atoms with E-state index < -0.39 is 20.9 Å². The zero-order chi connectivity index (χ0) is 23.4. The summed E-state index contributed by atoms with van der Waals surface area (Å²) in [6.07, 6.45) is 4.26. The number of non-ortho nitro benzene ring substituents is 1. The largest absolute Gasteiger partial charge is 0.321 e. The first-order chi connectivity index (χ1) is 15.8. The van der Waals surface area contributed by atoms with Gasteiger partial charge in [0.05, 0.1) is 33.0 Å². The molecule has 2 heterocycles. The number of hydrogen-bond acceptors (Lipinski definition) is 8. The number of hydrogen-bond donors (Lipinski definition) is 2. The molecular weight excluding hydrogens is 450 g/mol. The molecule has 0 saturated heterocycles. The fourth-order valence-corrected chi connectivity index (χ4v) is 3.98. The van der Waals surface area contributed by atoms with Gasteiger partial charge < -0.3 is 5.32 Å². The van der Waals surface area contributed by atoms with Crippen molar-refractivity contribution in [3.8, 4) is 5.82 Å². The lowest BCUT2D eigenvalue weighted by Crippen LogP contribution is -2.18. The Morgan fingerprint density at radius 1 is 1.06 bits per heavy atom. The van der Waals surface area contributed by atoms with Crippen LogP contribution in [0.1, 0.15) is 10.4 Å². The van der Waals surface area contributed by atoms with Gasteiger partial charge in [0.1, 0.15) is 12.7 Å². The zero-order valence-electron chi connectivity index (χ0n) is 16.7. The molecule has 33 heavy (non-hydrogen) atoms. The van der Waals surface area contributed by atoms with Crippen molar-refractivity contribution in [3.63, 3.8) is 0 Å². The van der Waals surface area contributed by atoms with E-state index in [0.717, 1.165) is 6.07 Å². The van der Waals surface area contributed by atoms with Gasteiger partial charge in [0.15, 0.2) is 5.82 Å². The third kappa shape index (κ3) is 4.83. The van der Waals surface area contributed by atoms with Crippen LogP contribution >= 0.6 is 0 Å². The molecule has 0 fully saturated rings. The lowest BCUT2D eigenvalue weighted by atomic mass is 10.1. The van der Waals surface area contributed by atoms with Crippen LogP contribution in [0.2, 0.25) is 0 Å². The number of anilines is 2. The first kappa shape index (κ1) is 21.6. The van der Waals surface area contributed by atoms with Crippen molar-refractivity contribution in [2.45, 2.75) is 4.90 Å². The average Bonchev–Trinajstić information content (AvgIpc) is 3.35. The molecule has 166 valence electrons. The molecule has 0 bridgehead atoms. The minimum atomic E-state index is -4.19. The number of amides is 1. The molecule has 0 aliphatic rings. The molecule has 1 amide bonds. The Kier molecular flexibility index (Phi) is 5.78. The second-order valence-corrected chi connectivity index (χ2v) is 8.29. The molecule has 0 saturated carbocycles. The van der Waals surface area contributed by atoms with Crippen LogP contribution in [0.25, 0.3) is 5.82 Å². The second kappa shape index (κ2) is 8.84. The zero-order valence-corrected chi connectivity index (χ0v) is 17.5. The topological polar surface area (TPSA) is 162 Å². The Labute approximate surface area is 187 Å². The minimum absolute atomic E-state index is 0.00806. The number of sulfonamides is 1. The number of nitro benzene ring substituents is 1. The third-order valence-corrected chi connectivity index (χ3v) is 5.78. The minimum Gasteiger partial charge on any atom is -0.321 e. The van der Waals surface area contributed by atoms with Gasteiger partial charge in [0.2, 0.25) is 0 Å². The summed E-state index contributed by atoms with van der Waals surface area (Å²) in [6.45, 7) is 0. The van der Waals surface area contributed by atoms with E-state index in [1.165, 1.54) is 53.9 Å². The van der Waals surface area contributed by atoms with Crippen LogP contribution in [0, 0.1) is 10.1 Å². The SMILES string of the molecule is O=C(Nc1ccc(-n2cncn2)nc1)c1ccccc1NS(=O)(=O)c1cccc([N+](=O)[O-])c1. The van der Waals surface area contributed by atoms with Gasteiger partial charge in [-0.1, -0.05) is 18.2 Å².